The smallest absolute Gasteiger partial charge is 0.221 e. The zero-order valence-electron chi connectivity index (χ0n) is 10.7. The maximum Gasteiger partial charge on any atom is 0.221 e. The van der Waals surface area contributed by atoms with Crippen molar-refractivity contribution in [1.29, 1.82) is 0 Å². The molecule has 1 rings (SSSR count). The topological polar surface area (TPSA) is 58.4 Å². The number of hydrogen-bond donors (Lipinski definition) is 2. The lowest BCUT2D eigenvalue weighted by molar-refractivity contribution is -0.122. The van der Waals surface area contributed by atoms with Crippen LogP contribution in [0.25, 0.3) is 0 Å². The van der Waals surface area contributed by atoms with Crippen molar-refractivity contribution in [3.05, 3.63) is 0 Å². The van der Waals surface area contributed by atoms with Crippen molar-refractivity contribution < 1.29 is 4.79 Å². The number of nitrogens with two attached hydrogens (primary N) is 1. The molecule has 1 saturated heterocycles. The highest BCUT2D eigenvalue weighted by Gasteiger charge is 2.28. The van der Waals surface area contributed by atoms with E-state index >= 15 is 0 Å². The predicted octanol–water partition coefficient (Wildman–Crippen LogP) is 0.570. The van der Waals surface area contributed by atoms with E-state index in [1.807, 2.05) is 0 Å². The molecule has 3 atom stereocenters. The van der Waals surface area contributed by atoms with Crippen LogP contribution in [0, 0.1) is 5.92 Å². The number of hydrogen-bond acceptors (Lipinski definition) is 3. The highest BCUT2D eigenvalue weighted by atomic mass is 16.1. The van der Waals surface area contributed by atoms with Crippen molar-refractivity contribution in [2.75, 3.05) is 20.1 Å². The minimum absolute atomic E-state index is 0.0845. The molecule has 0 aromatic heterocycles. The van der Waals surface area contributed by atoms with Crippen LogP contribution in [0.1, 0.15) is 33.1 Å². The number of nitrogens with one attached hydrogen (secondary N) is 1. The average Bonchev–Trinajstić information content (AvgIpc) is 2.26. The third kappa shape index (κ3) is 3.46. The van der Waals surface area contributed by atoms with Crippen LogP contribution in [-0.4, -0.2) is 43.0 Å². The number of likely N-dealkylation sites (tertiary alicyclic amines) is 1. The van der Waals surface area contributed by atoms with E-state index in [0.29, 0.717) is 19.0 Å². The van der Waals surface area contributed by atoms with Crippen molar-refractivity contribution in [3.8, 4) is 0 Å². The third-order valence-corrected chi connectivity index (χ3v) is 3.63. The second kappa shape index (κ2) is 6.21. The lowest BCUT2D eigenvalue weighted by atomic mass is 9.91. The van der Waals surface area contributed by atoms with Gasteiger partial charge < -0.3 is 11.1 Å². The van der Waals surface area contributed by atoms with E-state index in [-0.39, 0.29) is 11.9 Å². The zero-order valence-corrected chi connectivity index (χ0v) is 10.7. The van der Waals surface area contributed by atoms with E-state index in [4.69, 9.17) is 5.73 Å². The van der Waals surface area contributed by atoms with Crippen LogP contribution in [0.5, 0.6) is 0 Å². The number of nitrogens with zero attached hydrogens (tertiary/aromatic N) is 1. The molecule has 1 aliphatic rings. The Balaban J connectivity index is 2.55. The Morgan fingerprint density at radius 3 is 2.75 bits per heavy atom. The molecule has 1 aliphatic heterocycles. The van der Waals surface area contributed by atoms with Crippen LogP contribution in [-0.2, 0) is 4.79 Å². The summed E-state index contributed by atoms with van der Waals surface area (Å²) in [5.41, 5.74) is 5.78. The second-order valence-corrected chi connectivity index (χ2v) is 4.98. The highest BCUT2D eigenvalue weighted by Crippen LogP contribution is 2.24. The molecule has 4 heteroatoms. The summed E-state index contributed by atoms with van der Waals surface area (Å²) in [7, 11) is 1.68. The normalized spacial score (nSPS) is 28.8. The number of amides is 1. The summed E-state index contributed by atoms with van der Waals surface area (Å²) in [6, 6.07) is 0.740. The third-order valence-electron chi connectivity index (χ3n) is 3.63. The Bertz CT molecular complexity index is 232. The van der Waals surface area contributed by atoms with E-state index in [1.165, 1.54) is 12.8 Å². The zero-order chi connectivity index (χ0) is 12.1. The van der Waals surface area contributed by atoms with Crippen LogP contribution in [0.2, 0.25) is 0 Å². The van der Waals surface area contributed by atoms with Gasteiger partial charge in [0.15, 0.2) is 0 Å². The molecular weight excluding hydrogens is 202 g/mol. The van der Waals surface area contributed by atoms with Gasteiger partial charge in [-0.25, -0.2) is 0 Å². The largest absolute Gasteiger partial charge is 0.359 e. The summed E-state index contributed by atoms with van der Waals surface area (Å²) in [5.74, 6) is 0.881. The molecule has 1 heterocycles. The minimum atomic E-state index is 0.0845. The Hall–Kier alpha value is -0.610. The lowest BCUT2D eigenvalue weighted by Crippen LogP contribution is -2.51. The van der Waals surface area contributed by atoms with Gasteiger partial charge in [0.25, 0.3) is 0 Å². The molecular formula is C12H25N3O. The van der Waals surface area contributed by atoms with Crippen molar-refractivity contribution in [2.45, 2.75) is 45.2 Å². The summed E-state index contributed by atoms with van der Waals surface area (Å²) in [6.07, 6.45) is 2.95. The molecule has 0 radical (unpaired) electrons. The van der Waals surface area contributed by atoms with Crippen molar-refractivity contribution in [1.82, 2.24) is 10.2 Å². The van der Waals surface area contributed by atoms with Crippen molar-refractivity contribution >= 4 is 5.91 Å². The second-order valence-electron chi connectivity index (χ2n) is 4.98. The first kappa shape index (κ1) is 13.5. The van der Waals surface area contributed by atoms with Crippen LogP contribution >= 0.6 is 0 Å². The van der Waals surface area contributed by atoms with E-state index < -0.39 is 0 Å². The number of carbonyl (C=O) groups excluding carboxylic acids is 1. The molecule has 0 spiro atoms. The Labute approximate surface area is 98.6 Å². The van der Waals surface area contributed by atoms with Gasteiger partial charge in [-0.05, 0) is 32.2 Å². The lowest BCUT2D eigenvalue weighted by Gasteiger charge is -2.41. The monoisotopic (exact) mass is 227 g/mol. The molecule has 16 heavy (non-hydrogen) atoms. The van der Waals surface area contributed by atoms with E-state index in [2.05, 4.69) is 24.1 Å². The van der Waals surface area contributed by atoms with Gasteiger partial charge in [0.2, 0.25) is 5.91 Å². The Morgan fingerprint density at radius 1 is 1.56 bits per heavy atom. The van der Waals surface area contributed by atoms with Crippen LogP contribution < -0.4 is 11.1 Å². The fourth-order valence-electron chi connectivity index (χ4n) is 2.62. The number of carbonyl (C=O) groups is 1. The Kier molecular flexibility index (Phi) is 5.22. The molecule has 3 unspecified atom stereocenters. The van der Waals surface area contributed by atoms with Gasteiger partial charge in [-0.15, -0.1) is 0 Å². The average molecular weight is 227 g/mol. The molecule has 3 N–H and O–H groups in total. The minimum Gasteiger partial charge on any atom is -0.359 e. The van der Waals surface area contributed by atoms with E-state index in [1.54, 1.807) is 7.05 Å². The molecule has 1 amide bonds. The highest BCUT2D eigenvalue weighted by molar-refractivity contribution is 5.76. The first-order valence-electron chi connectivity index (χ1n) is 6.24. The van der Waals surface area contributed by atoms with Gasteiger partial charge in [0, 0.05) is 32.1 Å². The van der Waals surface area contributed by atoms with E-state index in [9.17, 15) is 4.79 Å². The van der Waals surface area contributed by atoms with E-state index in [0.717, 1.165) is 12.5 Å². The van der Waals surface area contributed by atoms with Crippen LogP contribution in [0.15, 0.2) is 0 Å². The maximum absolute atomic E-state index is 11.4. The molecule has 0 aromatic rings. The SMILES string of the molecule is CNC(=O)CC(CN)N1CCC(C)CC1C. The fourth-order valence-corrected chi connectivity index (χ4v) is 2.62. The van der Waals surface area contributed by atoms with Crippen molar-refractivity contribution in [3.63, 3.8) is 0 Å². The quantitative estimate of drug-likeness (QED) is 0.738. The summed E-state index contributed by atoms with van der Waals surface area (Å²) >= 11 is 0. The summed E-state index contributed by atoms with van der Waals surface area (Å²) in [6.45, 7) is 6.17. The number of piperidine rings is 1. The number of rotatable bonds is 4. The summed E-state index contributed by atoms with van der Waals surface area (Å²) in [4.78, 5) is 13.8. The molecule has 0 saturated carbocycles. The first-order valence-corrected chi connectivity index (χ1v) is 6.24. The Morgan fingerprint density at radius 2 is 2.25 bits per heavy atom. The van der Waals surface area contributed by atoms with Crippen LogP contribution in [0.3, 0.4) is 0 Å². The van der Waals surface area contributed by atoms with Gasteiger partial charge in [0.05, 0.1) is 0 Å². The molecule has 0 aliphatic carbocycles. The maximum atomic E-state index is 11.4. The standard InChI is InChI=1S/C12H25N3O/c1-9-4-5-15(10(2)6-9)11(8-13)7-12(16)14-3/h9-11H,4-8,13H2,1-3H3,(H,14,16). The van der Waals surface area contributed by atoms with Crippen LogP contribution in [0.4, 0.5) is 0 Å². The molecule has 0 bridgehead atoms. The predicted molar refractivity (Wildman–Crippen MR) is 66.1 cm³/mol. The van der Waals surface area contributed by atoms with Gasteiger partial charge in [-0.2, -0.15) is 0 Å². The van der Waals surface area contributed by atoms with Gasteiger partial charge in [-0.1, -0.05) is 6.92 Å². The summed E-state index contributed by atoms with van der Waals surface area (Å²) < 4.78 is 0. The van der Waals surface area contributed by atoms with Crippen molar-refractivity contribution in [2.24, 2.45) is 11.7 Å². The van der Waals surface area contributed by atoms with Gasteiger partial charge in [0.1, 0.15) is 0 Å². The molecule has 1 fully saturated rings. The molecule has 94 valence electrons. The fraction of sp³-hybridized carbons (Fsp3) is 0.917. The summed E-state index contributed by atoms with van der Waals surface area (Å²) in [5, 5.41) is 2.67. The van der Waals surface area contributed by atoms with Gasteiger partial charge >= 0.3 is 0 Å². The molecule has 4 nitrogen and oxygen atoms in total. The molecule has 0 aromatic carbocycles. The first-order chi connectivity index (χ1) is 7.58. The van der Waals surface area contributed by atoms with Gasteiger partial charge in [-0.3, -0.25) is 9.69 Å².